The molecule has 5 heteroatoms. The van der Waals surface area contributed by atoms with Crippen LogP contribution in [0.1, 0.15) is 34.6 Å². The van der Waals surface area contributed by atoms with Gasteiger partial charge in [0.15, 0.2) is 0 Å². The fourth-order valence-electron chi connectivity index (χ4n) is 4.57. The maximum atomic E-state index is 13.6. The molecule has 168 valence electrons. The van der Waals surface area contributed by atoms with Crippen LogP contribution in [0, 0.1) is 0 Å². The SMILES string of the molecule is C[C@H](c1ccccc1)n1c(C(=O)N2CCN(C/C=C/c3ccccc3)CC2)cc2ccsc21. The monoisotopic (exact) mass is 455 g/mol. The first-order valence-corrected chi connectivity index (χ1v) is 12.5. The van der Waals surface area contributed by atoms with E-state index in [4.69, 9.17) is 0 Å². The van der Waals surface area contributed by atoms with E-state index in [1.165, 1.54) is 16.0 Å². The Hall–Kier alpha value is -3.15. The number of hydrogen-bond acceptors (Lipinski definition) is 3. The number of rotatable bonds is 6. The van der Waals surface area contributed by atoms with Crippen molar-refractivity contribution in [3.05, 3.63) is 101 Å². The lowest BCUT2D eigenvalue weighted by Gasteiger charge is -2.34. The van der Waals surface area contributed by atoms with Gasteiger partial charge in [0.2, 0.25) is 0 Å². The molecule has 4 nitrogen and oxygen atoms in total. The highest BCUT2D eigenvalue weighted by Gasteiger charge is 2.27. The van der Waals surface area contributed by atoms with Crippen LogP contribution in [0.25, 0.3) is 16.3 Å². The third-order valence-corrected chi connectivity index (χ3v) is 7.39. The summed E-state index contributed by atoms with van der Waals surface area (Å²) in [5, 5.41) is 3.25. The first kappa shape index (κ1) is 21.7. The van der Waals surface area contributed by atoms with Crippen LogP contribution < -0.4 is 0 Å². The van der Waals surface area contributed by atoms with Gasteiger partial charge in [0.1, 0.15) is 10.5 Å². The normalized spacial score (nSPS) is 16.0. The van der Waals surface area contributed by atoms with E-state index < -0.39 is 0 Å². The number of carbonyl (C=O) groups is 1. The summed E-state index contributed by atoms with van der Waals surface area (Å²) >= 11 is 1.71. The van der Waals surface area contributed by atoms with Crippen LogP contribution in [0.3, 0.4) is 0 Å². The van der Waals surface area contributed by atoms with Gasteiger partial charge in [-0.1, -0.05) is 72.8 Å². The van der Waals surface area contributed by atoms with E-state index in [9.17, 15) is 4.79 Å². The van der Waals surface area contributed by atoms with Crippen molar-refractivity contribution in [3.8, 4) is 0 Å². The molecule has 33 heavy (non-hydrogen) atoms. The van der Waals surface area contributed by atoms with Gasteiger partial charge in [-0.15, -0.1) is 11.3 Å². The highest BCUT2D eigenvalue weighted by Crippen LogP contribution is 2.32. The van der Waals surface area contributed by atoms with Gasteiger partial charge in [-0.25, -0.2) is 0 Å². The zero-order valence-electron chi connectivity index (χ0n) is 18.9. The minimum atomic E-state index is 0.103. The lowest BCUT2D eigenvalue weighted by atomic mass is 10.1. The number of nitrogens with zero attached hydrogens (tertiary/aromatic N) is 3. The summed E-state index contributed by atoms with van der Waals surface area (Å²) in [6.45, 7) is 6.41. The maximum absolute atomic E-state index is 13.6. The number of carbonyl (C=O) groups excluding carboxylic acids is 1. The van der Waals surface area contributed by atoms with Crippen LogP contribution in [0.4, 0.5) is 0 Å². The Labute approximate surface area is 199 Å². The summed E-state index contributed by atoms with van der Waals surface area (Å²) in [7, 11) is 0. The molecule has 0 aliphatic carbocycles. The fraction of sp³-hybridized carbons (Fsp3) is 0.250. The van der Waals surface area contributed by atoms with Crippen LogP contribution in [0.5, 0.6) is 0 Å². The number of aromatic nitrogens is 1. The van der Waals surface area contributed by atoms with E-state index in [-0.39, 0.29) is 11.9 Å². The molecular formula is C28H29N3OS. The number of fused-ring (bicyclic) bond motifs is 1. The van der Waals surface area contributed by atoms with E-state index in [0.29, 0.717) is 0 Å². The Balaban J connectivity index is 1.28. The van der Waals surface area contributed by atoms with E-state index in [1.54, 1.807) is 11.3 Å². The molecule has 0 unspecified atom stereocenters. The Kier molecular flexibility index (Phi) is 6.42. The summed E-state index contributed by atoms with van der Waals surface area (Å²) < 4.78 is 2.23. The molecule has 5 rings (SSSR count). The summed E-state index contributed by atoms with van der Waals surface area (Å²) in [5.41, 5.74) is 3.23. The minimum Gasteiger partial charge on any atom is -0.335 e. The molecule has 0 N–H and O–H groups in total. The van der Waals surface area contributed by atoms with Crippen molar-refractivity contribution in [2.75, 3.05) is 32.7 Å². The first-order valence-electron chi connectivity index (χ1n) is 11.6. The lowest BCUT2D eigenvalue weighted by Crippen LogP contribution is -2.49. The van der Waals surface area contributed by atoms with E-state index in [1.807, 2.05) is 17.0 Å². The summed E-state index contributed by atoms with van der Waals surface area (Å²) in [6.07, 6.45) is 4.38. The highest BCUT2D eigenvalue weighted by molar-refractivity contribution is 7.16. The van der Waals surface area contributed by atoms with Gasteiger partial charge < -0.3 is 9.47 Å². The molecule has 1 saturated heterocycles. The molecule has 2 aromatic heterocycles. The smallest absolute Gasteiger partial charge is 0.270 e. The number of benzene rings is 2. The second-order valence-corrected chi connectivity index (χ2v) is 9.47. The van der Waals surface area contributed by atoms with Crippen LogP contribution in [0.2, 0.25) is 0 Å². The van der Waals surface area contributed by atoms with Crippen molar-refractivity contribution < 1.29 is 4.79 Å². The molecule has 4 aromatic rings. The van der Waals surface area contributed by atoms with Gasteiger partial charge in [-0.3, -0.25) is 9.69 Å². The molecular weight excluding hydrogens is 426 g/mol. The number of amides is 1. The van der Waals surface area contributed by atoms with Gasteiger partial charge >= 0.3 is 0 Å². The van der Waals surface area contributed by atoms with Gasteiger partial charge in [0, 0.05) is 38.1 Å². The predicted molar refractivity (Wildman–Crippen MR) is 138 cm³/mol. The molecule has 3 heterocycles. The molecule has 0 saturated carbocycles. The van der Waals surface area contributed by atoms with Crippen LogP contribution >= 0.6 is 11.3 Å². The zero-order chi connectivity index (χ0) is 22.6. The van der Waals surface area contributed by atoms with E-state index in [0.717, 1.165) is 43.8 Å². The largest absolute Gasteiger partial charge is 0.335 e. The van der Waals surface area contributed by atoms with Crippen molar-refractivity contribution in [1.29, 1.82) is 0 Å². The summed E-state index contributed by atoms with van der Waals surface area (Å²) in [4.78, 5) is 19.2. The summed E-state index contributed by atoms with van der Waals surface area (Å²) in [5.74, 6) is 0.139. The van der Waals surface area contributed by atoms with Crippen molar-refractivity contribution in [1.82, 2.24) is 14.4 Å². The Morgan fingerprint density at radius 2 is 1.67 bits per heavy atom. The third kappa shape index (κ3) is 4.65. The van der Waals surface area contributed by atoms with Crippen LogP contribution in [-0.4, -0.2) is 53.0 Å². The molecule has 1 aliphatic rings. The predicted octanol–water partition coefficient (Wildman–Crippen LogP) is 5.78. The van der Waals surface area contributed by atoms with Crippen molar-refractivity contribution in [2.45, 2.75) is 13.0 Å². The number of piperazine rings is 1. The molecule has 0 radical (unpaired) electrons. The van der Waals surface area contributed by atoms with Gasteiger partial charge in [0.25, 0.3) is 5.91 Å². The molecule has 0 bridgehead atoms. The van der Waals surface area contributed by atoms with Crippen molar-refractivity contribution >= 4 is 33.5 Å². The average molecular weight is 456 g/mol. The maximum Gasteiger partial charge on any atom is 0.270 e. The molecule has 1 atom stereocenters. The average Bonchev–Trinajstić information content (AvgIpc) is 3.46. The molecule has 1 amide bonds. The Morgan fingerprint density at radius 1 is 0.970 bits per heavy atom. The lowest BCUT2D eigenvalue weighted by molar-refractivity contribution is 0.0639. The topological polar surface area (TPSA) is 28.5 Å². The second kappa shape index (κ2) is 9.77. The quantitative estimate of drug-likeness (QED) is 0.369. The minimum absolute atomic E-state index is 0.103. The number of hydrogen-bond donors (Lipinski definition) is 0. The molecule has 1 fully saturated rings. The van der Waals surface area contributed by atoms with Crippen LogP contribution in [0.15, 0.2) is 84.3 Å². The summed E-state index contributed by atoms with van der Waals surface area (Å²) in [6, 6.07) is 25.1. The third-order valence-electron chi connectivity index (χ3n) is 6.47. The second-order valence-electron chi connectivity index (χ2n) is 8.57. The fourth-order valence-corrected chi connectivity index (χ4v) is 5.55. The van der Waals surface area contributed by atoms with Gasteiger partial charge in [-0.2, -0.15) is 0 Å². The van der Waals surface area contributed by atoms with E-state index >= 15 is 0 Å². The van der Waals surface area contributed by atoms with E-state index in [2.05, 4.69) is 94.6 Å². The number of thiophene rings is 1. The highest BCUT2D eigenvalue weighted by atomic mass is 32.1. The molecule has 0 spiro atoms. The zero-order valence-corrected chi connectivity index (χ0v) is 19.7. The molecule has 2 aromatic carbocycles. The van der Waals surface area contributed by atoms with Gasteiger partial charge in [-0.05, 0) is 35.6 Å². The Bertz CT molecular complexity index is 1230. The Morgan fingerprint density at radius 3 is 2.39 bits per heavy atom. The van der Waals surface area contributed by atoms with Crippen molar-refractivity contribution in [3.63, 3.8) is 0 Å². The van der Waals surface area contributed by atoms with Crippen LogP contribution in [-0.2, 0) is 0 Å². The van der Waals surface area contributed by atoms with Crippen molar-refractivity contribution in [2.24, 2.45) is 0 Å². The first-order chi connectivity index (χ1) is 16.2. The standard InChI is InChI=1S/C28H29N3OS/c1-22(24-12-6-3-7-13-24)31-26(21-25-14-20-33-28(25)31)27(32)30-18-16-29(17-19-30)15-8-11-23-9-4-2-5-10-23/h2-14,20-22H,15-19H2,1H3/b11-8+/t22-/m1/s1. The van der Waals surface area contributed by atoms with Gasteiger partial charge in [0.05, 0.1) is 6.04 Å². The molecule has 1 aliphatic heterocycles.